The molecule has 0 aromatic carbocycles. The second-order valence-corrected chi connectivity index (χ2v) is 36.4. The molecule has 3 aliphatic carbocycles. The normalized spacial score (nSPS) is 42.6. The number of hydrogen-bond acceptors (Lipinski definition) is 0. The van der Waals surface area contributed by atoms with Gasteiger partial charge in [0.15, 0.2) is 0 Å². The van der Waals surface area contributed by atoms with Crippen LogP contribution in [0.1, 0.15) is 52.9 Å². The van der Waals surface area contributed by atoms with Gasteiger partial charge in [0.25, 0.3) is 0 Å². The first-order valence-electron chi connectivity index (χ1n) is 7.80. The maximum absolute atomic E-state index is 6.48. The molecule has 0 heterocycles. The molecule has 0 aromatic heterocycles. The van der Waals surface area contributed by atoms with E-state index < -0.39 is 46.7 Å². The summed E-state index contributed by atoms with van der Waals surface area (Å²) < 4.78 is 1.79. The fourth-order valence-corrected chi connectivity index (χ4v) is 39.5. The van der Waals surface area contributed by atoms with Gasteiger partial charge in [-0.3, -0.25) is 0 Å². The van der Waals surface area contributed by atoms with E-state index >= 15 is 0 Å². The summed E-state index contributed by atoms with van der Waals surface area (Å²) in [7, 11) is 13.0. The molecule has 100 valence electrons. The second kappa shape index (κ2) is 5.68. The molecule has 3 saturated carbocycles. The van der Waals surface area contributed by atoms with Crippen molar-refractivity contribution >= 4 is 16.5 Å². The summed E-state index contributed by atoms with van der Waals surface area (Å²) in [5.74, 6) is 2.78. The first-order chi connectivity index (χ1) is 8.95. The molecule has 0 saturated heterocycles. The molecule has 4 heteroatoms. The fourth-order valence-electron chi connectivity index (χ4n) is 5.99. The molecule has 4 atom stereocenters. The topological polar surface area (TPSA) is 0 Å². The van der Waals surface area contributed by atoms with Gasteiger partial charge < -0.3 is 0 Å². The van der Waals surface area contributed by atoms with Gasteiger partial charge in [-0.1, -0.05) is 0 Å². The van der Waals surface area contributed by atoms with Crippen LogP contribution in [0.15, 0.2) is 6.16 Å². The molecule has 0 unspecified atom stereocenters. The van der Waals surface area contributed by atoms with Crippen molar-refractivity contribution in [1.82, 2.24) is 0 Å². The average Bonchev–Trinajstić information content (AvgIpc) is 2.85. The van der Waals surface area contributed by atoms with Gasteiger partial charge in [0.05, 0.1) is 0 Å². The molecular weight excluding hydrogens is 652 g/mol. The molecule has 0 amide bonds. The van der Waals surface area contributed by atoms with Crippen molar-refractivity contribution in [3.8, 4) is 0 Å². The minimum absolute atomic E-state index is 0.514. The van der Waals surface area contributed by atoms with E-state index in [2.05, 4.69) is 20.8 Å². The van der Waals surface area contributed by atoms with Gasteiger partial charge in [0.1, 0.15) is 0 Å². The van der Waals surface area contributed by atoms with Crippen molar-refractivity contribution in [3.63, 3.8) is 0 Å². The molecular formula is C15H22Cl2Hg2. The third-order valence-electron chi connectivity index (χ3n) is 6.58. The van der Waals surface area contributed by atoms with Crippen LogP contribution in [0.5, 0.6) is 0 Å². The van der Waals surface area contributed by atoms with Gasteiger partial charge in [-0.2, -0.15) is 0 Å². The van der Waals surface area contributed by atoms with Crippen LogP contribution in [-0.4, -0.2) is 0 Å². The molecule has 0 nitrogen and oxygen atoms in total. The third kappa shape index (κ3) is 2.36. The Morgan fingerprint density at radius 2 is 1.79 bits per heavy atom. The van der Waals surface area contributed by atoms with Crippen molar-refractivity contribution in [3.05, 3.63) is 6.16 Å². The zero-order valence-corrected chi connectivity index (χ0v) is 24.9. The van der Waals surface area contributed by atoms with Crippen molar-refractivity contribution in [2.24, 2.45) is 28.6 Å². The Hall–Kier alpha value is 2.19. The zero-order valence-electron chi connectivity index (χ0n) is 12.4. The van der Waals surface area contributed by atoms with Crippen molar-refractivity contribution in [2.45, 2.75) is 52.9 Å². The van der Waals surface area contributed by atoms with Crippen LogP contribution < -0.4 is 0 Å². The van der Waals surface area contributed by atoms with Gasteiger partial charge >= 0.3 is 151 Å². The summed E-state index contributed by atoms with van der Waals surface area (Å²) in [5.41, 5.74) is 2.94. The van der Waals surface area contributed by atoms with E-state index in [4.69, 9.17) is 16.5 Å². The van der Waals surface area contributed by atoms with Gasteiger partial charge in [-0.25, -0.2) is 0 Å². The molecule has 0 aliphatic heterocycles. The summed E-state index contributed by atoms with van der Waals surface area (Å²) in [6, 6.07) is 0. The third-order valence-corrected chi connectivity index (χ3v) is 56.4. The van der Waals surface area contributed by atoms with E-state index in [0.717, 1.165) is 17.8 Å². The molecule has 3 fully saturated rings. The summed E-state index contributed by atoms with van der Waals surface area (Å²) in [6.07, 6.45) is 7.19. The first-order valence-corrected chi connectivity index (χ1v) is 26.8. The number of rotatable bonds is 2. The molecule has 19 heavy (non-hydrogen) atoms. The van der Waals surface area contributed by atoms with Crippen molar-refractivity contribution in [1.29, 1.82) is 0 Å². The van der Waals surface area contributed by atoms with Gasteiger partial charge in [0.2, 0.25) is 0 Å². The average molecular weight is 674 g/mol. The monoisotopic (exact) mass is 676 g/mol. The quantitative estimate of drug-likeness (QED) is 0.338. The van der Waals surface area contributed by atoms with Gasteiger partial charge in [0, 0.05) is 0 Å². The molecule has 4 bridgehead atoms. The maximum atomic E-state index is 6.48. The van der Waals surface area contributed by atoms with Crippen LogP contribution in [0.25, 0.3) is 0 Å². The molecule has 3 rings (SSSR count). The summed E-state index contributed by atoms with van der Waals surface area (Å²) in [5, 5.41) is 0. The fraction of sp³-hybridized carbons (Fsp3) is 0.867. The van der Waals surface area contributed by atoms with E-state index in [1.54, 1.807) is 0.591 Å². The summed E-state index contributed by atoms with van der Waals surface area (Å²) in [6.45, 7) is 7.65. The standard InChI is InChI=1S/C15H22.2ClH.2Hg/c1-10-11-6-7-12-13(11)14(2,3)8-5-9-15(10,12)4;;;;/h11-13H,5-9H2,2-4H3;2*1H;;/q;;;2*+1/p-2/t11-,12-,13+,15-;;;;/m0..../s1. The minimum atomic E-state index is -1.28. The molecule has 0 spiro atoms. The Labute approximate surface area is 149 Å². The van der Waals surface area contributed by atoms with Crippen LogP contribution in [0.3, 0.4) is 0 Å². The number of hydrogen-bond donors (Lipinski definition) is 0. The van der Waals surface area contributed by atoms with Crippen LogP contribution in [0.4, 0.5) is 0 Å². The molecule has 0 radical (unpaired) electrons. The Morgan fingerprint density at radius 3 is 2.42 bits per heavy atom. The summed E-state index contributed by atoms with van der Waals surface area (Å²) >= 11 is -2.55. The van der Waals surface area contributed by atoms with Crippen LogP contribution in [0.2, 0.25) is 0 Å². The van der Waals surface area contributed by atoms with E-state index in [9.17, 15) is 0 Å². The van der Waals surface area contributed by atoms with E-state index in [1.807, 2.05) is 5.57 Å². The zero-order chi connectivity index (χ0) is 13.8. The summed E-state index contributed by atoms with van der Waals surface area (Å²) in [4.78, 5) is 0. The van der Waals surface area contributed by atoms with Crippen LogP contribution in [0, 0.1) is 28.6 Å². The number of allylic oxidation sites excluding steroid dienone is 1. The Balaban J connectivity index is 2.14. The Bertz CT molecular complexity index is 412. The van der Waals surface area contributed by atoms with E-state index in [1.165, 1.54) is 32.1 Å². The molecule has 0 aromatic rings. The SMILES string of the molecule is CC1(C)CCC[C@@]2(C)C(=[C]([Hg][Cl])[Hg][Cl])[C@@H]3CC[C@H]2[C@@H]31. The molecule has 0 N–H and O–H groups in total. The molecule has 3 aliphatic rings. The Kier molecular flexibility index (Phi) is 4.80. The van der Waals surface area contributed by atoms with Gasteiger partial charge in [-0.15, -0.1) is 0 Å². The predicted octanol–water partition coefficient (Wildman–Crippen LogP) is 5.54. The van der Waals surface area contributed by atoms with Crippen LogP contribution in [-0.2, 0) is 46.7 Å². The second-order valence-electron chi connectivity index (χ2n) is 7.86. The van der Waals surface area contributed by atoms with E-state index in [-0.39, 0.29) is 0 Å². The number of halogens is 2. The van der Waals surface area contributed by atoms with E-state index in [0.29, 0.717) is 10.8 Å². The van der Waals surface area contributed by atoms with Crippen molar-refractivity contribution in [2.75, 3.05) is 0 Å². The Morgan fingerprint density at radius 1 is 1.11 bits per heavy atom. The predicted molar refractivity (Wildman–Crippen MR) is 74.2 cm³/mol. The first kappa shape index (κ1) is 16.1. The van der Waals surface area contributed by atoms with Crippen molar-refractivity contribution < 1.29 is 46.7 Å². The van der Waals surface area contributed by atoms with Gasteiger partial charge in [-0.05, 0) is 0 Å². The van der Waals surface area contributed by atoms with Crippen LogP contribution >= 0.6 is 16.5 Å².